The Hall–Kier alpha value is -1.77. The number of nitrogens with zero attached hydrogens (tertiary/aromatic N) is 3. The van der Waals surface area contributed by atoms with Crippen LogP contribution in [0.1, 0.15) is 6.42 Å². The summed E-state index contributed by atoms with van der Waals surface area (Å²) in [6.07, 6.45) is -2.11. The third-order valence-electron chi connectivity index (χ3n) is 4.34. The Kier molecular flexibility index (Phi) is 5.98. The van der Waals surface area contributed by atoms with E-state index in [-0.39, 0.29) is 10.9 Å². The molecular weight excluding hydrogens is 404 g/mol. The summed E-state index contributed by atoms with van der Waals surface area (Å²) in [7, 11) is 0. The van der Waals surface area contributed by atoms with Crippen LogP contribution < -0.4 is 10.9 Å². The molecule has 1 atom stereocenters. The molecule has 5 nitrogen and oxygen atoms in total. The highest BCUT2D eigenvalue weighted by atomic mass is 35.5. The van der Waals surface area contributed by atoms with Crippen molar-refractivity contribution in [1.29, 1.82) is 0 Å². The minimum atomic E-state index is -4.19. The lowest BCUT2D eigenvalue weighted by Gasteiger charge is -2.18. The van der Waals surface area contributed by atoms with Gasteiger partial charge < -0.3 is 5.32 Å². The van der Waals surface area contributed by atoms with E-state index in [1.54, 1.807) is 24.3 Å². The fourth-order valence-corrected chi connectivity index (χ4v) is 3.37. The summed E-state index contributed by atoms with van der Waals surface area (Å²) in [5, 5.41) is 7.64. The van der Waals surface area contributed by atoms with E-state index < -0.39 is 18.3 Å². The molecule has 1 aromatic heterocycles. The SMILES string of the molecule is O=c1c(Cl)c(NCC2CCN(CC(F)(F)F)C2)cnn1-c1ccc(Cl)cc1. The molecule has 146 valence electrons. The fraction of sp³-hybridized carbons (Fsp3) is 0.412. The highest BCUT2D eigenvalue weighted by Crippen LogP contribution is 2.24. The van der Waals surface area contributed by atoms with E-state index in [1.807, 2.05) is 0 Å². The van der Waals surface area contributed by atoms with E-state index in [0.29, 0.717) is 42.5 Å². The molecule has 1 N–H and O–H groups in total. The molecule has 2 aromatic rings. The van der Waals surface area contributed by atoms with Crippen LogP contribution in [0.25, 0.3) is 5.69 Å². The minimum absolute atomic E-state index is 0.0231. The number of benzene rings is 1. The smallest absolute Gasteiger partial charge is 0.382 e. The quantitative estimate of drug-likeness (QED) is 0.798. The Balaban J connectivity index is 1.64. The molecule has 0 amide bonds. The third kappa shape index (κ3) is 5.15. The molecule has 1 aliphatic rings. The van der Waals surface area contributed by atoms with Crippen LogP contribution in [0.5, 0.6) is 0 Å². The van der Waals surface area contributed by atoms with E-state index in [2.05, 4.69) is 10.4 Å². The van der Waals surface area contributed by atoms with E-state index in [9.17, 15) is 18.0 Å². The first kappa shape index (κ1) is 20.0. The van der Waals surface area contributed by atoms with Gasteiger partial charge in [0.05, 0.1) is 24.1 Å². The maximum atomic E-state index is 12.5. The maximum absolute atomic E-state index is 12.5. The number of halogens is 5. The second kappa shape index (κ2) is 8.08. The topological polar surface area (TPSA) is 50.2 Å². The van der Waals surface area contributed by atoms with E-state index in [0.717, 1.165) is 4.68 Å². The van der Waals surface area contributed by atoms with Crippen LogP contribution in [0.3, 0.4) is 0 Å². The van der Waals surface area contributed by atoms with Crippen LogP contribution in [-0.4, -0.2) is 47.0 Å². The van der Waals surface area contributed by atoms with Crippen LogP contribution in [0.4, 0.5) is 18.9 Å². The number of rotatable bonds is 5. The molecule has 0 aliphatic carbocycles. The first-order valence-corrected chi connectivity index (χ1v) is 9.05. The zero-order valence-corrected chi connectivity index (χ0v) is 15.7. The lowest BCUT2D eigenvalue weighted by atomic mass is 10.1. The zero-order valence-electron chi connectivity index (χ0n) is 14.1. The van der Waals surface area contributed by atoms with Crippen molar-refractivity contribution in [3.8, 4) is 5.69 Å². The normalized spacial score (nSPS) is 18.0. The Morgan fingerprint density at radius 3 is 2.59 bits per heavy atom. The van der Waals surface area contributed by atoms with Gasteiger partial charge in [-0.1, -0.05) is 23.2 Å². The lowest BCUT2D eigenvalue weighted by Crippen LogP contribution is -2.33. The summed E-state index contributed by atoms with van der Waals surface area (Å²) in [5.41, 5.74) is 0.395. The summed E-state index contributed by atoms with van der Waals surface area (Å²) < 4.78 is 38.5. The van der Waals surface area contributed by atoms with Crippen molar-refractivity contribution in [3.05, 3.63) is 50.9 Å². The van der Waals surface area contributed by atoms with Gasteiger partial charge in [-0.2, -0.15) is 23.0 Å². The molecule has 1 aromatic carbocycles. The lowest BCUT2D eigenvalue weighted by molar-refractivity contribution is -0.143. The highest BCUT2D eigenvalue weighted by Gasteiger charge is 2.34. The first-order chi connectivity index (χ1) is 12.7. The van der Waals surface area contributed by atoms with Crippen LogP contribution >= 0.6 is 23.2 Å². The molecule has 0 spiro atoms. The molecule has 10 heteroatoms. The second-order valence-electron chi connectivity index (χ2n) is 6.45. The third-order valence-corrected chi connectivity index (χ3v) is 4.96. The minimum Gasteiger partial charge on any atom is -0.382 e. The van der Waals surface area contributed by atoms with Crippen molar-refractivity contribution >= 4 is 28.9 Å². The van der Waals surface area contributed by atoms with Crippen LogP contribution in [0, 0.1) is 5.92 Å². The standard InChI is InChI=1S/C17H17Cl2F3N4O/c18-12-1-3-13(4-2-12)26-16(27)15(19)14(8-24-26)23-7-11-5-6-25(9-11)10-17(20,21)22/h1-4,8,11,23H,5-7,9-10H2. The van der Waals surface area contributed by atoms with E-state index in [4.69, 9.17) is 23.2 Å². The number of hydrogen-bond acceptors (Lipinski definition) is 4. The van der Waals surface area contributed by atoms with E-state index >= 15 is 0 Å². The van der Waals surface area contributed by atoms with Gasteiger partial charge in [0.15, 0.2) is 0 Å². The van der Waals surface area contributed by atoms with Crippen molar-refractivity contribution in [2.24, 2.45) is 5.92 Å². The molecule has 2 heterocycles. The van der Waals surface area contributed by atoms with Crippen molar-refractivity contribution in [1.82, 2.24) is 14.7 Å². The second-order valence-corrected chi connectivity index (χ2v) is 7.27. The Morgan fingerprint density at radius 2 is 1.93 bits per heavy atom. The molecule has 1 saturated heterocycles. The van der Waals surface area contributed by atoms with Gasteiger partial charge in [-0.15, -0.1) is 0 Å². The van der Waals surface area contributed by atoms with Crippen molar-refractivity contribution in [2.75, 3.05) is 31.5 Å². The molecule has 1 fully saturated rings. The summed E-state index contributed by atoms with van der Waals surface area (Å²) >= 11 is 12.0. The van der Waals surface area contributed by atoms with Gasteiger partial charge in [-0.25, -0.2) is 0 Å². The summed E-state index contributed by atoms with van der Waals surface area (Å²) in [6, 6.07) is 6.57. The molecule has 0 saturated carbocycles. The average molecular weight is 421 g/mol. The van der Waals surface area contributed by atoms with E-state index in [1.165, 1.54) is 11.1 Å². The van der Waals surface area contributed by atoms with Gasteiger partial charge in [-0.05, 0) is 43.1 Å². The van der Waals surface area contributed by atoms with Gasteiger partial charge >= 0.3 is 6.18 Å². The van der Waals surface area contributed by atoms with Gasteiger partial charge in [-0.3, -0.25) is 9.69 Å². The number of aromatic nitrogens is 2. The van der Waals surface area contributed by atoms with Crippen molar-refractivity contribution in [3.63, 3.8) is 0 Å². The summed E-state index contributed by atoms with van der Waals surface area (Å²) in [6.45, 7) is 0.262. The van der Waals surface area contributed by atoms with Gasteiger partial charge in [0.25, 0.3) is 5.56 Å². The number of likely N-dealkylation sites (tertiary alicyclic amines) is 1. The molecular formula is C17H17Cl2F3N4O. The zero-order chi connectivity index (χ0) is 19.6. The molecule has 0 radical (unpaired) electrons. The predicted molar refractivity (Wildman–Crippen MR) is 98.9 cm³/mol. The van der Waals surface area contributed by atoms with Gasteiger partial charge in [0.2, 0.25) is 0 Å². The Labute approximate surface area is 163 Å². The molecule has 27 heavy (non-hydrogen) atoms. The summed E-state index contributed by atoms with van der Waals surface area (Å²) in [4.78, 5) is 13.8. The van der Waals surface area contributed by atoms with Gasteiger partial charge in [0, 0.05) is 18.1 Å². The van der Waals surface area contributed by atoms with Crippen LogP contribution in [0.2, 0.25) is 10.0 Å². The summed E-state index contributed by atoms with van der Waals surface area (Å²) in [5.74, 6) is 0.0436. The molecule has 1 aliphatic heterocycles. The van der Waals surface area contributed by atoms with Crippen molar-refractivity contribution in [2.45, 2.75) is 12.6 Å². The molecule has 0 bridgehead atoms. The number of alkyl halides is 3. The molecule has 3 rings (SSSR count). The fourth-order valence-electron chi connectivity index (χ4n) is 3.05. The van der Waals surface area contributed by atoms with Crippen LogP contribution in [0.15, 0.2) is 35.3 Å². The van der Waals surface area contributed by atoms with Crippen molar-refractivity contribution < 1.29 is 13.2 Å². The average Bonchev–Trinajstić information content (AvgIpc) is 3.03. The highest BCUT2D eigenvalue weighted by molar-refractivity contribution is 6.33. The Morgan fingerprint density at radius 1 is 1.22 bits per heavy atom. The first-order valence-electron chi connectivity index (χ1n) is 8.30. The number of hydrogen-bond donors (Lipinski definition) is 1. The van der Waals surface area contributed by atoms with Crippen LogP contribution in [-0.2, 0) is 0 Å². The number of anilines is 1. The predicted octanol–water partition coefficient (Wildman–Crippen LogP) is 3.84. The number of nitrogens with one attached hydrogen (secondary N) is 1. The largest absolute Gasteiger partial charge is 0.401 e. The van der Waals surface area contributed by atoms with Gasteiger partial charge in [0.1, 0.15) is 5.02 Å². The monoisotopic (exact) mass is 420 g/mol. The molecule has 1 unspecified atom stereocenters. The Bertz CT molecular complexity index is 855. The maximum Gasteiger partial charge on any atom is 0.401 e.